The topological polar surface area (TPSA) is 52.9 Å². The van der Waals surface area contributed by atoms with Crippen LogP contribution in [0.3, 0.4) is 0 Å². The maximum Gasteiger partial charge on any atom is 0.237 e. The quantitative estimate of drug-likeness (QED) is 0.732. The van der Waals surface area contributed by atoms with Crippen molar-refractivity contribution in [1.29, 1.82) is 5.26 Å². The first kappa shape index (κ1) is 13.0. The van der Waals surface area contributed by atoms with Gasteiger partial charge in [0.05, 0.1) is 6.07 Å². The molecule has 1 amide bonds. The number of carbonyl (C=O) groups is 1. The third kappa shape index (κ3) is 3.78. The van der Waals surface area contributed by atoms with Gasteiger partial charge in [-0.2, -0.15) is 5.26 Å². The van der Waals surface area contributed by atoms with E-state index >= 15 is 0 Å². The van der Waals surface area contributed by atoms with Crippen LogP contribution in [0.5, 0.6) is 0 Å². The summed E-state index contributed by atoms with van der Waals surface area (Å²) >= 11 is 0. The van der Waals surface area contributed by atoms with Crippen LogP contribution in [0.2, 0.25) is 0 Å². The summed E-state index contributed by atoms with van der Waals surface area (Å²) in [4.78, 5) is 11.6. The zero-order valence-electron chi connectivity index (χ0n) is 9.50. The van der Waals surface area contributed by atoms with Crippen molar-refractivity contribution in [2.75, 3.05) is 0 Å². The van der Waals surface area contributed by atoms with Gasteiger partial charge in [-0.3, -0.25) is 4.79 Å². The summed E-state index contributed by atoms with van der Waals surface area (Å²) in [7, 11) is 0. The molecule has 0 aromatic carbocycles. The highest BCUT2D eigenvalue weighted by atomic mass is 16.1. The Morgan fingerprint density at radius 1 is 1.36 bits per heavy atom. The molecule has 1 atom stereocenters. The van der Waals surface area contributed by atoms with Crippen molar-refractivity contribution >= 4 is 5.91 Å². The molecule has 0 saturated heterocycles. The number of hydrogen-bond donors (Lipinski definition) is 1. The minimum Gasteiger partial charge on any atom is -0.352 e. The van der Waals surface area contributed by atoms with E-state index in [1.807, 2.05) is 33.8 Å². The van der Waals surface area contributed by atoms with Crippen LogP contribution in [0.25, 0.3) is 0 Å². The van der Waals surface area contributed by atoms with Crippen LogP contribution in [-0.4, -0.2) is 11.9 Å². The van der Waals surface area contributed by atoms with E-state index in [1.165, 1.54) is 0 Å². The van der Waals surface area contributed by atoms with E-state index in [9.17, 15) is 4.79 Å². The number of nitrogens with zero attached hydrogens (tertiary/aromatic N) is 1. The molecule has 3 nitrogen and oxygen atoms in total. The first-order chi connectivity index (χ1) is 6.56. The third-order valence-electron chi connectivity index (χ3n) is 2.42. The van der Waals surface area contributed by atoms with E-state index in [2.05, 4.69) is 5.32 Å². The number of nitriles is 1. The van der Waals surface area contributed by atoms with Gasteiger partial charge in [-0.25, -0.2) is 0 Å². The number of hydrogen-bond acceptors (Lipinski definition) is 2. The lowest BCUT2D eigenvalue weighted by atomic mass is 9.96. The summed E-state index contributed by atoms with van der Waals surface area (Å²) in [6.45, 7) is 7.84. The Kier molecular flexibility index (Phi) is 5.94. The van der Waals surface area contributed by atoms with Crippen molar-refractivity contribution < 1.29 is 4.79 Å². The standard InChI is InChI=1S/C11H20N2O/c1-5-9(6-2)13-11(14)10(7-12)8(3)4/h8-10H,5-6H2,1-4H3,(H,13,14). The van der Waals surface area contributed by atoms with Gasteiger partial charge in [0.2, 0.25) is 5.91 Å². The van der Waals surface area contributed by atoms with Crippen molar-refractivity contribution in [2.45, 2.75) is 46.6 Å². The number of rotatable bonds is 5. The highest BCUT2D eigenvalue weighted by Gasteiger charge is 2.22. The fourth-order valence-electron chi connectivity index (χ4n) is 1.29. The predicted octanol–water partition coefficient (Wildman–Crippen LogP) is 2.09. The Hall–Kier alpha value is -1.04. The van der Waals surface area contributed by atoms with Crippen molar-refractivity contribution in [3.05, 3.63) is 0 Å². The van der Waals surface area contributed by atoms with Gasteiger partial charge in [0.1, 0.15) is 5.92 Å². The second-order valence-electron chi connectivity index (χ2n) is 3.87. The molecule has 0 fully saturated rings. The smallest absolute Gasteiger partial charge is 0.237 e. The Morgan fingerprint density at radius 2 is 1.86 bits per heavy atom. The molecule has 1 unspecified atom stereocenters. The molecule has 0 aromatic heterocycles. The van der Waals surface area contributed by atoms with E-state index in [1.54, 1.807) is 0 Å². The van der Waals surface area contributed by atoms with E-state index in [0.29, 0.717) is 0 Å². The van der Waals surface area contributed by atoms with Gasteiger partial charge in [-0.1, -0.05) is 27.7 Å². The summed E-state index contributed by atoms with van der Waals surface area (Å²) in [6, 6.07) is 2.25. The molecule has 0 saturated carbocycles. The lowest BCUT2D eigenvalue weighted by Crippen LogP contribution is -2.39. The van der Waals surface area contributed by atoms with Crippen molar-refractivity contribution in [3.63, 3.8) is 0 Å². The Labute approximate surface area is 86.5 Å². The molecule has 0 spiro atoms. The number of amides is 1. The molecule has 80 valence electrons. The normalized spacial score (nSPS) is 12.6. The molecule has 0 bridgehead atoms. The number of carbonyl (C=O) groups excluding carboxylic acids is 1. The minimum absolute atomic E-state index is 0.0781. The molecule has 14 heavy (non-hydrogen) atoms. The van der Waals surface area contributed by atoms with Crippen LogP contribution in [0.1, 0.15) is 40.5 Å². The maximum absolute atomic E-state index is 11.6. The van der Waals surface area contributed by atoms with Gasteiger partial charge in [-0.15, -0.1) is 0 Å². The maximum atomic E-state index is 11.6. The second kappa shape index (κ2) is 6.42. The average Bonchev–Trinajstić information content (AvgIpc) is 2.14. The third-order valence-corrected chi connectivity index (χ3v) is 2.42. The van der Waals surface area contributed by atoms with Crippen molar-refractivity contribution in [2.24, 2.45) is 11.8 Å². The molecule has 3 heteroatoms. The Balaban J connectivity index is 4.25. The predicted molar refractivity (Wildman–Crippen MR) is 56.5 cm³/mol. The summed E-state index contributed by atoms with van der Waals surface area (Å²) in [6.07, 6.45) is 1.83. The van der Waals surface area contributed by atoms with Crippen LogP contribution in [0.4, 0.5) is 0 Å². The molecule has 0 radical (unpaired) electrons. The summed E-state index contributed by atoms with van der Waals surface area (Å²) in [5, 5.41) is 11.7. The van der Waals surface area contributed by atoms with E-state index in [-0.39, 0.29) is 17.9 Å². The highest BCUT2D eigenvalue weighted by molar-refractivity contribution is 5.81. The largest absolute Gasteiger partial charge is 0.352 e. The lowest BCUT2D eigenvalue weighted by Gasteiger charge is -2.18. The minimum atomic E-state index is -0.518. The average molecular weight is 196 g/mol. The molecule has 0 aliphatic heterocycles. The van der Waals surface area contributed by atoms with Crippen LogP contribution < -0.4 is 5.32 Å². The number of nitrogens with one attached hydrogen (secondary N) is 1. The van der Waals surface area contributed by atoms with E-state index in [0.717, 1.165) is 12.8 Å². The van der Waals surface area contributed by atoms with Crippen molar-refractivity contribution in [3.8, 4) is 6.07 Å². The summed E-state index contributed by atoms with van der Waals surface area (Å²) in [5.41, 5.74) is 0. The van der Waals surface area contributed by atoms with Gasteiger partial charge >= 0.3 is 0 Å². The fourth-order valence-corrected chi connectivity index (χ4v) is 1.29. The van der Waals surface area contributed by atoms with Crippen LogP contribution in [0.15, 0.2) is 0 Å². The zero-order valence-corrected chi connectivity index (χ0v) is 9.50. The molecule has 0 heterocycles. The van der Waals surface area contributed by atoms with E-state index in [4.69, 9.17) is 5.26 Å². The van der Waals surface area contributed by atoms with Gasteiger partial charge in [0, 0.05) is 6.04 Å². The molecule has 0 aliphatic carbocycles. The second-order valence-corrected chi connectivity index (χ2v) is 3.87. The van der Waals surface area contributed by atoms with E-state index < -0.39 is 5.92 Å². The molecule has 0 aliphatic rings. The van der Waals surface area contributed by atoms with Crippen LogP contribution in [-0.2, 0) is 4.79 Å². The Bertz CT molecular complexity index is 214. The van der Waals surface area contributed by atoms with Gasteiger partial charge in [0.15, 0.2) is 0 Å². The Morgan fingerprint density at radius 3 is 2.14 bits per heavy atom. The van der Waals surface area contributed by atoms with Gasteiger partial charge < -0.3 is 5.32 Å². The molecule has 0 rings (SSSR count). The molecular formula is C11H20N2O. The molecular weight excluding hydrogens is 176 g/mol. The van der Waals surface area contributed by atoms with Crippen molar-refractivity contribution in [1.82, 2.24) is 5.32 Å². The van der Waals surface area contributed by atoms with Gasteiger partial charge in [-0.05, 0) is 18.8 Å². The van der Waals surface area contributed by atoms with Crippen LogP contribution >= 0.6 is 0 Å². The molecule has 1 N–H and O–H groups in total. The highest BCUT2D eigenvalue weighted by Crippen LogP contribution is 2.10. The zero-order chi connectivity index (χ0) is 11.1. The first-order valence-corrected chi connectivity index (χ1v) is 5.26. The summed E-state index contributed by atoms with van der Waals surface area (Å²) < 4.78 is 0. The van der Waals surface area contributed by atoms with Gasteiger partial charge in [0.25, 0.3) is 0 Å². The summed E-state index contributed by atoms with van der Waals surface area (Å²) in [5.74, 6) is -0.568. The first-order valence-electron chi connectivity index (χ1n) is 5.26. The van der Waals surface area contributed by atoms with Crippen LogP contribution in [0, 0.1) is 23.2 Å². The fraction of sp³-hybridized carbons (Fsp3) is 0.818. The lowest BCUT2D eigenvalue weighted by molar-refractivity contribution is -0.125. The SMILES string of the molecule is CCC(CC)NC(=O)C(C#N)C(C)C. The monoisotopic (exact) mass is 196 g/mol. The molecule has 0 aromatic rings.